The SMILES string of the molecule is CCCCCN(C)c1nnc(CNCC)o1. The molecule has 0 bridgehead atoms. The van der Waals surface area contributed by atoms with E-state index in [1.54, 1.807) is 0 Å². The van der Waals surface area contributed by atoms with Crippen molar-refractivity contribution in [2.24, 2.45) is 0 Å². The van der Waals surface area contributed by atoms with Crippen molar-refractivity contribution >= 4 is 6.01 Å². The van der Waals surface area contributed by atoms with Crippen LogP contribution >= 0.6 is 0 Å². The van der Waals surface area contributed by atoms with Crippen molar-refractivity contribution in [3.05, 3.63) is 5.89 Å². The third-order valence-electron chi connectivity index (χ3n) is 2.41. The Morgan fingerprint density at radius 3 is 2.75 bits per heavy atom. The topological polar surface area (TPSA) is 54.2 Å². The predicted octanol–water partition coefficient (Wildman–Crippen LogP) is 1.81. The van der Waals surface area contributed by atoms with Crippen LogP contribution in [0.4, 0.5) is 6.01 Å². The number of rotatable bonds is 8. The van der Waals surface area contributed by atoms with Crippen molar-refractivity contribution in [3.8, 4) is 0 Å². The summed E-state index contributed by atoms with van der Waals surface area (Å²) in [6, 6.07) is 0.615. The van der Waals surface area contributed by atoms with Gasteiger partial charge in [-0.05, 0) is 13.0 Å². The Kier molecular flexibility index (Phi) is 5.85. The Hall–Kier alpha value is -1.10. The van der Waals surface area contributed by atoms with E-state index in [1.807, 2.05) is 18.9 Å². The highest BCUT2D eigenvalue weighted by Gasteiger charge is 2.09. The second-order valence-electron chi connectivity index (χ2n) is 3.89. The summed E-state index contributed by atoms with van der Waals surface area (Å²) in [7, 11) is 1.99. The number of aromatic nitrogens is 2. The van der Waals surface area contributed by atoms with Gasteiger partial charge in [0.25, 0.3) is 0 Å². The smallest absolute Gasteiger partial charge is 0.317 e. The van der Waals surface area contributed by atoms with Crippen LogP contribution in [0.3, 0.4) is 0 Å². The molecule has 5 nitrogen and oxygen atoms in total. The van der Waals surface area contributed by atoms with Gasteiger partial charge in [0, 0.05) is 13.6 Å². The maximum absolute atomic E-state index is 5.52. The van der Waals surface area contributed by atoms with Crippen LogP contribution < -0.4 is 10.2 Å². The standard InChI is InChI=1S/C11H22N4O/c1-4-6-7-8-15(3)11-14-13-10(16-11)9-12-5-2/h12H,4-9H2,1-3H3. The largest absolute Gasteiger partial charge is 0.407 e. The highest BCUT2D eigenvalue weighted by molar-refractivity contribution is 5.21. The molecular weight excluding hydrogens is 204 g/mol. The van der Waals surface area contributed by atoms with Crippen molar-refractivity contribution in [1.29, 1.82) is 0 Å². The quantitative estimate of drug-likeness (QED) is 0.685. The zero-order valence-electron chi connectivity index (χ0n) is 10.5. The van der Waals surface area contributed by atoms with Crippen LogP contribution in [0.25, 0.3) is 0 Å². The van der Waals surface area contributed by atoms with Gasteiger partial charge in [0.1, 0.15) is 0 Å². The van der Waals surface area contributed by atoms with Crippen LogP contribution in [0.1, 0.15) is 39.0 Å². The van der Waals surface area contributed by atoms with Crippen molar-refractivity contribution in [2.45, 2.75) is 39.7 Å². The summed E-state index contributed by atoms with van der Waals surface area (Å²) in [6.45, 7) is 6.77. The molecule has 0 unspecified atom stereocenters. The Balaban J connectivity index is 2.37. The molecule has 0 aromatic carbocycles. The fourth-order valence-electron chi connectivity index (χ4n) is 1.40. The monoisotopic (exact) mass is 226 g/mol. The molecular formula is C11H22N4O. The Labute approximate surface area is 97.2 Å². The number of unbranched alkanes of at least 4 members (excludes halogenated alkanes) is 2. The molecule has 0 aliphatic heterocycles. The lowest BCUT2D eigenvalue weighted by Crippen LogP contribution is -2.18. The molecule has 0 aliphatic carbocycles. The molecule has 0 fully saturated rings. The fourth-order valence-corrected chi connectivity index (χ4v) is 1.40. The molecule has 0 saturated heterocycles. The van der Waals surface area contributed by atoms with Crippen LogP contribution in [-0.2, 0) is 6.54 Å². The van der Waals surface area contributed by atoms with Gasteiger partial charge in [-0.25, -0.2) is 0 Å². The van der Waals surface area contributed by atoms with Gasteiger partial charge >= 0.3 is 6.01 Å². The molecule has 1 aromatic heterocycles. The molecule has 0 aliphatic rings. The summed E-state index contributed by atoms with van der Waals surface area (Å²) in [5.74, 6) is 0.652. The minimum absolute atomic E-state index is 0.615. The summed E-state index contributed by atoms with van der Waals surface area (Å²) in [6.07, 6.45) is 3.63. The summed E-state index contributed by atoms with van der Waals surface area (Å²) < 4.78 is 5.52. The number of nitrogens with zero attached hydrogens (tertiary/aromatic N) is 3. The number of nitrogens with one attached hydrogen (secondary N) is 1. The molecule has 0 atom stereocenters. The van der Waals surface area contributed by atoms with Gasteiger partial charge in [-0.1, -0.05) is 31.8 Å². The molecule has 1 heterocycles. The zero-order valence-corrected chi connectivity index (χ0v) is 10.5. The first-order valence-corrected chi connectivity index (χ1v) is 6.02. The van der Waals surface area contributed by atoms with Gasteiger partial charge in [0.15, 0.2) is 0 Å². The van der Waals surface area contributed by atoms with Gasteiger partial charge < -0.3 is 14.6 Å². The molecule has 92 valence electrons. The molecule has 1 rings (SSSR count). The minimum atomic E-state index is 0.615. The van der Waals surface area contributed by atoms with Gasteiger partial charge in [-0.15, -0.1) is 5.10 Å². The van der Waals surface area contributed by atoms with Gasteiger partial charge in [0.2, 0.25) is 5.89 Å². The van der Waals surface area contributed by atoms with E-state index < -0.39 is 0 Å². The molecule has 0 radical (unpaired) electrons. The third kappa shape index (κ3) is 4.18. The molecule has 0 spiro atoms. The van der Waals surface area contributed by atoms with E-state index in [0.717, 1.165) is 19.5 Å². The fraction of sp³-hybridized carbons (Fsp3) is 0.818. The van der Waals surface area contributed by atoms with Crippen molar-refractivity contribution < 1.29 is 4.42 Å². The average Bonchev–Trinajstić information content (AvgIpc) is 2.75. The van der Waals surface area contributed by atoms with Crippen LogP contribution in [0, 0.1) is 0 Å². The molecule has 16 heavy (non-hydrogen) atoms. The van der Waals surface area contributed by atoms with Gasteiger partial charge in [0.05, 0.1) is 6.54 Å². The van der Waals surface area contributed by atoms with Crippen molar-refractivity contribution in [1.82, 2.24) is 15.5 Å². The van der Waals surface area contributed by atoms with Crippen LogP contribution in [0.2, 0.25) is 0 Å². The van der Waals surface area contributed by atoms with E-state index in [2.05, 4.69) is 22.4 Å². The van der Waals surface area contributed by atoms with E-state index in [0.29, 0.717) is 18.5 Å². The number of hydrogen-bond acceptors (Lipinski definition) is 5. The second kappa shape index (κ2) is 7.22. The van der Waals surface area contributed by atoms with E-state index in [1.165, 1.54) is 12.8 Å². The first kappa shape index (κ1) is 13.0. The zero-order chi connectivity index (χ0) is 11.8. The van der Waals surface area contributed by atoms with Crippen molar-refractivity contribution in [3.63, 3.8) is 0 Å². The van der Waals surface area contributed by atoms with E-state index >= 15 is 0 Å². The molecule has 0 amide bonds. The maximum Gasteiger partial charge on any atom is 0.317 e. The summed E-state index contributed by atoms with van der Waals surface area (Å²) in [4.78, 5) is 2.01. The lowest BCUT2D eigenvalue weighted by atomic mass is 10.2. The lowest BCUT2D eigenvalue weighted by molar-refractivity contribution is 0.467. The van der Waals surface area contributed by atoms with Crippen LogP contribution in [0.5, 0.6) is 0 Å². The predicted molar refractivity (Wildman–Crippen MR) is 64.5 cm³/mol. The minimum Gasteiger partial charge on any atom is -0.407 e. The van der Waals surface area contributed by atoms with Crippen molar-refractivity contribution in [2.75, 3.05) is 25.0 Å². The first-order valence-electron chi connectivity index (χ1n) is 6.02. The summed E-state index contributed by atoms with van der Waals surface area (Å²) in [5, 5.41) is 11.2. The Morgan fingerprint density at radius 2 is 2.06 bits per heavy atom. The highest BCUT2D eigenvalue weighted by atomic mass is 16.4. The Bertz CT molecular complexity index is 287. The average molecular weight is 226 g/mol. The van der Waals surface area contributed by atoms with E-state index in [9.17, 15) is 0 Å². The summed E-state index contributed by atoms with van der Waals surface area (Å²) in [5.41, 5.74) is 0. The number of hydrogen-bond donors (Lipinski definition) is 1. The molecule has 1 aromatic rings. The van der Waals surface area contributed by atoms with Gasteiger partial charge in [-0.3, -0.25) is 0 Å². The molecule has 1 N–H and O–H groups in total. The van der Waals surface area contributed by atoms with Gasteiger partial charge in [-0.2, -0.15) is 0 Å². The number of anilines is 1. The lowest BCUT2D eigenvalue weighted by Gasteiger charge is -2.12. The molecule has 0 saturated carbocycles. The van der Waals surface area contributed by atoms with E-state index in [-0.39, 0.29) is 0 Å². The highest BCUT2D eigenvalue weighted by Crippen LogP contribution is 2.11. The first-order chi connectivity index (χ1) is 7.77. The normalized spacial score (nSPS) is 10.7. The third-order valence-corrected chi connectivity index (χ3v) is 2.41. The Morgan fingerprint density at radius 1 is 1.25 bits per heavy atom. The molecule has 5 heteroatoms. The van der Waals surface area contributed by atoms with E-state index in [4.69, 9.17) is 4.42 Å². The van der Waals surface area contributed by atoms with Crippen LogP contribution in [-0.4, -0.2) is 30.3 Å². The summed E-state index contributed by atoms with van der Waals surface area (Å²) >= 11 is 0. The maximum atomic E-state index is 5.52. The second-order valence-corrected chi connectivity index (χ2v) is 3.89. The van der Waals surface area contributed by atoms with Crippen LogP contribution in [0.15, 0.2) is 4.42 Å².